The van der Waals surface area contributed by atoms with E-state index < -0.39 is 0 Å². The number of likely N-dealkylation sites (N-methyl/N-ethyl adjacent to an activating group) is 1. The molecule has 0 aliphatic heterocycles. The van der Waals surface area contributed by atoms with E-state index in [0.29, 0.717) is 5.56 Å². The summed E-state index contributed by atoms with van der Waals surface area (Å²) in [7, 11) is 5.58. The van der Waals surface area contributed by atoms with Crippen molar-refractivity contribution in [3.05, 3.63) is 35.4 Å². The zero-order chi connectivity index (χ0) is 15.0. The van der Waals surface area contributed by atoms with E-state index in [9.17, 15) is 4.79 Å². The van der Waals surface area contributed by atoms with Crippen molar-refractivity contribution in [1.29, 1.82) is 0 Å². The van der Waals surface area contributed by atoms with Crippen LogP contribution in [0.25, 0.3) is 0 Å². The van der Waals surface area contributed by atoms with Gasteiger partial charge in [0, 0.05) is 19.6 Å². The first-order valence-corrected chi connectivity index (χ1v) is 7.11. The van der Waals surface area contributed by atoms with Gasteiger partial charge in [-0.1, -0.05) is 25.1 Å². The van der Waals surface area contributed by atoms with Gasteiger partial charge in [0.1, 0.15) is 0 Å². The molecule has 1 rings (SSSR count). The Kier molecular flexibility index (Phi) is 7.26. The van der Waals surface area contributed by atoms with E-state index in [-0.39, 0.29) is 5.97 Å². The Morgan fingerprint density at radius 3 is 2.45 bits per heavy atom. The standard InChI is InChI=1S/C16H26N2O2/c1-5-10-18(12-11-17(2)3)13-14-8-6-7-9-15(14)16(19)20-4/h6-9H,5,10-13H2,1-4H3. The molecule has 0 fully saturated rings. The minimum Gasteiger partial charge on any atom is -0.465 e. The Labute approximate surface area is 122 Å². The molecule has 0 radical (unpaired) electrons. The van der Waals surface area contributed by atoms with Gasteiger partial charge >= 0.3 is 5.97 Å². The van der Waals surface area contributed by atoms with Gasteiger partial charge in [0.25, 0.3) is 0 Å². The summed E-state index contributed by atoms with van der Waals surface area (Å²) in [6.07, 6.45) is 1.10. The maximum Gasteiger partial charge on any atom is 0.338 e. The second kappa shape index (κ2) is 8.72. The highest BCUT2D eigenvalue weighted by molar-refractivity contribution is 5.90. The molecule has 0 heterocycles. The van der Waals surface area contributed by atoms with Crippen molar-refractivity contribution in [2.45, 2.75) is 19.9 Å². The van der Waals surface area contributed by atoms with Gasteiger partial charge in [-0.2, -0.15) is 0 Å². The molecule has 0 unspecified atom stereocenters. The molecule has 0 saturated heterocycles. The zero-order valence-corrected chi connectivity index (χ0v) is 13.1. The summed E-state index contributed by atoms with van der Waals surface area (Å²) in [5.41, 5.74) is 1.70. The van der Waals surface area contributed by atoms with Crippen molar-refractivity contribution in [3.63, 3.8) is 0 Å². The first-order valence-electron chi connectivity index (χ1n) is 7.11. The lowest BCUT2D eigenvalue weighted by Gasteiger charge is -2.24. The lowest BCUT2D eigenvalue weighted by molar-refractivity contribution is 0.0598. The van der Waals surface area contributed by atoms with Gasteiger partial charge in [0.15, 0.2) is 0 Å². The lowest BCUT2D eigenvalue weighted by atomic mass is 10.1. The number of carbonyl (C=O) groups excluding carboxylic acids is 1. The minimum absolute atomic E-state index is 0.260. The Morgan fingerprint density at radius 1 is 1.15 bits per heavy atom. The lowest BCUT2D eigenvalue weighted by Crippen LogP contribution is -2.32. The Bertz CT molecular complexity index is 419. The topological polar surface area (TPSA) is 32.8 Å². The van der Waals surface area contributed by atoms with Crippen molar-refractivity contribution in [1.82, 2.24) is 9.80 Å². The summed E-state index contributed by atoms with van der Waals surface area (Å²) in [5, 5.41) is 0. The zero-order valence-electron chi connectivity index (χ0n) is 13.1. The molecule has 0 aromatic heterocycles. The van der Waals surface area contributed by atoms with Gasteiger partial charge in [-0.3, -0.25) is 4.90 Å². The number of nitrogens with zero attached hydrogens (tertiary/aromatic N) is 2. The molecule has 0 amide bonds. The summed E-state index contributed by atoms with van der Waals surface area (Å²) < 4.78 is 4.85. The predicted molar refractivity (Wildman–Crippen MR) is 81.9 cm³/mol. The van der Waals surface area contributed by atoms with Crippen molar-refractivity contribution in [3.8, 4) is 0 Å². The van der Waals surface area contributed by atoms with Gasteiger partial charge in [0.2, 0.25) is 0 Å². The number of hydrogen-bond donors (Lipinski definition) is 0. The normalized spacial score (nSPS) is 11.1. The number of esters is 1. The highest BCUT2D eigenvalue weighted by Crippen LogP contribution is 2.13. The maximum absolute atomic E-state index is 11.8. The monoisotopic (exact) mass is 278 g/mol. The molecule has 0 aliphatic rings. The van der Waals surface area contributed by atoms with Crippen LogP contribution in [0.5, 0.6) is 0 Å². The summed E-state index contributed by atoms with van der Waals surface area (Å²) in [6.45, 7) is 6.00. The highest BCUT2D eigenvalue weighted by Gasteiger charge is 2.13. The van der Waals surface area contributed by atoms with Crippen molar-refractivity contribution >= 4 is 5.97 Å². The predicted octanol–water partition coefficient (Wildman–Crippen LogP) is 2.25. The smallest absolute Gasteiger partial charge is 0.338 e. The van der Waals surface area contributed by atoms with Crippen molar-refractivity contribution in [2.24, 2.45) is 0 Å². The van der Waals surface area contributed by atoms with Crippen LogP contribution in [0.15, 0.2) is 24.3 Å². The number of benzene rings is 1. The van der Waals surface area contributed by atoms with Crippen molar-refractivity contribution < 1.29 is 9.53 Å². The third-order valence-corrected chi connectivity index (χ3v) is 3.22. The van der Waals surface area contributed by atoms with E-state index in [1.807, 2.05) is 24.3 Å². The molecule has 0 atom stereocenters. The molecule has 1 aromatic rings. The second-order valence-corrected chi connectivity index (χ2v) is 5.23. The highest BCUT2D eigenvalue weighted by atomic mass is 16.5. The van der Waals surface area contributed by atoms with E-state index in [1.165, 1.54) is 7.11 Å². The van der Waals surface area contributed by atoms with Crippen LogP contribution in [-0.2, 0) is 11.3 Å². The molecule has 112 valence electrons. The van der Waals surface area contributed by atoms with E-state index in [0.717, 1.165) is 38.2 Å². The molecule has 4 nitrogen and oxygen atoms in total. The van der Waals surface area contributed by atoms with E-state index in [1.54, 1.807) is 0 Å². The SMILES string of the molecule is CCCN(CCN(C)C)Cc1ccccc1C(=O)OC. The summed E-state index contributed by atoms with van der Waals surface area (Å²) in [4.78, 5) is 16.3. The molecule has 4 heteroatoms. The van der Waals surface area contributed by atoms with E-state index in [2.05, 4.69) is 30.8 Å². The molecule has 0 saturated carbocycles. The Morgan fingerprint density at radius 2 is 1.85 bits per heavy atom. The molecule has 1 aromatic carbocycles. The molecule has 0 N–H and O–H groups in total. The largest absolute Gasteiger partial charge is 0.465 e. The first kappa shape index (κ1) is 16.7. The van der Waals surface area contributed by atoms with Gasteiger partial charge < -0.3 is 9.64 Å². The molecule has 0 spiro atoms. The van der Waals surface area contributed by atoms with Gasteiger partial charge in [-0.05, 0) is 38.7 Å². The quantitative estimate of drug-likeness (QED) is 0.683. The fourth-order valence-corrected chi connectivity index (χ4v) is 2.14. The number of methoxy groups -OCH3 is 1. The first-order chi connectivity index (χ1) is 9.58. The average molecular weight is 278 g/mol. The minimum atomic E-state index is -0.260. The maximum atomic E-state index is 11.8. The molecular formula is C16H26N2O2. The summed E-state index contributed by atoms with van der Waals surface area (Å²) in [6, 6.07) is 7.68. The van der Waals surface area contributed by atoms with Gasteiger partial charge in [-0.25, -0.2) is 4.79 Å². The molecule has 20 heavy (non-hydrogen) atoms. The Balaban J connectivity index is 2.79. The van der Waals surface area contributed by atoms with E-state index in [4.69, 9.17) is 4.74 Å². The van der Waals surface area contributed by atoms with Crippen LogP contribution in [0.1, 0.15) is 29.3 Å². The second-order valence-electron chi connectivity index (χ2n) is 5.23. The van der Waals surface area contributed by atoms with Crippen LogP contribution in [0.4, 0.5) is 0 Å². The van der Waals surface area contributed by atoms with Gasteiger partial charge in [0.05, 0.1) is 12.7 Å². The fourth-order valence-electron chi connectivity index (χ4n) is 2.14. The summed E-state index contributed by atoms with van der Waals surface area (Å²) in [5.74, 6) is -0.260. The van der Waals surface area contributed by atoms with E-state index >= 15 is 0 Å². The average Bonchev–Trinajstić information content (AvgIpc) is 2.44. The van der Waals surface area contributed by atoms with Crippen LogP contribution in [0.2, 0.25) is 0 Å². The van der Waals surface area contributed by atoms with Crippen LogP contribution in [-0.4, -0.2) is 56.6 Å². The Hall–Kier alpha value is -1.39. The number of rotatable bonds is 8. The van der Waals surface area contributed by atoms with Crippen molar-refractivity contribution in [2.75, 3.05) is 40.8 Å². The van der Waals surface area contributed by atoms with Gasteiger partial charge in [-0.15, -0.1) is 0 Å². The number of carbonyl (C=O) groups is 1. The molecule has 0 bridgehead atoms. The molecular weight excluding hydrogens is 252 g/mol. The van der Waals surface area contributed by atoms with Crippen LogP contribution >= 0.6 is 0 Å². The summed E-state index contributed by atoms with van der Waals surface area (Å²) >= 11 is 0. The third kappa shape index (κ3) is 5.31. The fraction of sp³-hybridized carbons (Fsp3) is 0.562. The number of ether oxygens (including phenoxy) is 1. The molecule has 0 aliphatic carbocycles. The van der Waals surface area contributed by atoms with Crippen LogP contribution < -0.4 is 0 Å². The van der Waals surface area contributed by atoms with Crippen LogP contribution in [0, 0.1) is 0 Å². The number of hydrogen-bond acceptors (Lipinski definition) is 4. The van der Waals surface area contributed by atoms with Crippen LogP contribution in [0.3, 0.4) is 0 Å². The third-order valence-electron chi connectivity index (χ3n) is 3.22.